The van der Waals surface area contributed by atoms with Gasteiger partial charge in [-0.15, -0.1) is 0 Å². The third-order valence-corrected chi connectivity index (χ3v) is 9.85. The lowest BCUT2D eigenvalue weighted by Crippen LogP contribution is -2.40. The number of thiazole rings is 1. The number of rotatable bonds is 12. The largest absolute Gasteiger partial charge is 0.490 e. The molecule has 49 heavy (non-hydrogen) atoms. The fourth-order valence-corrected chi connectivity index (χ4v) is 7.79. The number of esters is 2. The van der Waals surface area contributed by atoms with Crippen molar-refractivity contribution in [3.05, 3.63) is 116 Å². The molecule has 0 fully saturated rings. The van der Waals surface area contributed by atoms with E-state index in [0.717, 1.165) is 11.1 Å². The Labute approximate surface area is 307 Å². The van der Waals surface area contributed by atoms with Gasteiger partial charge in [-0.1, -0.05) is 47.2 Å². The predicted octanol–water partition coefficient (Wildman–Crippen LogP) is 6.51. The van der Waals surface area contributed by atoms with E-state index in [4.69, 9.17) is 30.5 Å². The van der Waals surface area contributed by atoms with Gasteiger partial charge in [-0.05, 0) is 100 Å². The second-order valence-electron chi connectivity index (χ2n) is 10.5. The van der Waals surface area contributed by atoms with Gasteiger partial charge in [-0.25, -0.2) is 14.6 Å². The number of hydrogen-bond donors (Lipinski definition) is 0. The van der Waals surface area contributed by atoms with Crippen LogP contribution in [0.4, 0.5) is 0 Å². The molecular formula is C35H31Br2ClN2O8S. The maximum Gasteiger partial charge on any atom is 0.343 e. The average molecular weight is 835 g/mol. The normalized spacial score (nSPS) is 14.2. The van der Waals surface area contributed by atoms with Crippen molar-refractivity contribution in [1.82, 2.24) is 4.57 Å². The average Bonchev–Trinajstić information content (AvgIpc) is 3.37. The van der Waals surface area contributed by atoms with Gasteiger partial charge >= 0.3 is 11.9 Å². The van der Waals surface area contributed by atoms with Crippen LogP contribution in [-0.2, 0) is 25.7 Å². The summed E-state index contributed by atoms with van der Waals surface area (Å²) in [6, 6.07) is 15.3. The molecule has 0 amide bonds. The van der Waals surface area contributed by atoms with Crippen LogP contribution in [0.2, 0.25) is 5.02 Å². The number of benzene rings is 3. The molecule has 10 nitrogen and oxygen atoms in total. The zero-order chi connectivity index (χ0) is 35.2. The van der Waals surface area contributed by atoms with Crippen molar-refractivity contribution in [3.63, 3.8) is 0 Å². The van der Waals surface area contributed by atoms with Crippen molar-refractivity contribution in [2.45, 2.75) is 33.4 Å². The summed E-state index contributed by atoms with van der Waals surface area (Å²) >= 11 is 14.7. The molecule has 0 unspecified atom stereocenters. The Kier molecular flexibility index (Phi) is 12.0. The third kappa shape index (κ3) is 8.12. The minimum atomic E-state index is -0.884. The van der Waals surface area contributed by atoms with Crippen LogP contribution in [0.5, 0.6) is 17.2 Å². The van der Waals surface area contributed by atoms with Crippen molar-refractivity contribution >= 4 is 72.8 Å². The zero-order valence-electron chi connectivity index (χ0n) is 26.9. The van der Waals surface area contributed by atoms with E-state index >= 15 is 0 Å². The first kappa shape index (κ1) is 36.4. The Morgan fingerprint density at radius 3 is 2.41 bits per heavy atom. The summed E-state index contributed by atoms with van der Waals surface area (Å²) in [6.45, 7) is 5.61. The smallest absolute Gasteiger partial charge is 0.343 e. The quantitative estimate of drug-likeness (QED) is 0.149. The molecule has 3 aromatic carbocycles. The second kappa shape index (κ2) is 16.2. The lowest BCUT2D eigenvalue weighted by molar-refractivity contribution is -0.143. The van der Waals surface area contributed by atoms with E-state index < -0.39 is 18.0 Å². The van der Waals surface area contributed by atoms with Gasteiger partial charge in [0.05, 0.1) is 51.1 Å². The molecule has 0 spiro atoms. The van der Waals surface area contributed by atoms with Gasteiger partial charge in [0.15, 0.2) is 22.9 Å². The molecule has 14 heteroatoms. The minimum absolute atomic E-state index is 0.138. The van der Waals surface area contributed by atoms with Crippen molar-refractivity contribution in [2.75, 3.05) is 26.9 Å². The number of ether oxygens (including phenoxy) is 5. The maximum absolute atomic E-state index is 14.2. The molecule has 0 saturated heterocycles. The first-order valence-electron chi connectivity index (χ1n) is 15.1. The first-order chi connectivity index (χ1) is 23.6. The third-order valence-electron chi connectivity index (χ3n) is 7.32. The van der Waals surface area contributed by atoms with Gasteiger partial charge in [0.2, 0.25) is 0 Å². The van der Waals surface area contributed by atoms with Crippen LogP contribution in [0.15, 0.2) is 84.6 Å². The molecule has 1 atom stereocenters. The molecule has 1 aliphatic rings. The number of aromatic nitrogens is 1. The summed E-state index contributed by atoms with van der Waals surface area (Å²) in [5, 5.41) is 0.610. The van der Waals surface area contributed by atoms with Crippen molar-refractivity contribution < 1.29 is 33.3 Å². The molecule has 4 aromatic rings. The van der Waals surface area contributed by atoms with E-state index in [9.17, 15) is 14.4 Å². The van der Waals surface area contributed by atoms with Gasteiger partial charge in [0.1, 0.15) is 12.4 Å². The van der Waals surface area contributed by atoms with Crippen molar-refractivity contribution in [2.24, 2.45) is 4.99 Å². The molecule has 1 aromatic heterocycles. The molecule has 0 saturated carbocycles. The van der Waals surface area contributed by atoms with Gasteiger partial charge < -0.3 is 23.7 Å². The minimum Gasteiger partial charge on any atom is -0.490 e. The van der Waals surface area contributed by atoms with Crippen molar-refractivity contribution in [1.29, 1.82) is 0 Å². The number of nitrogens with zero attached hydrogens (tertiary/aromatic N) is 2. The molecule has 5 rings (SSSR count). The number of hydrogen-bond acceptors (Lipinski definition) is 10. The lowest BCUT2D eigenvalue weighted by atomic mass is 9.95. The molecular weight excluding hydrogens is 804 g/mol. The SMILES string of the molecule is CCOC(=O)C1=C(C)N=c2s/c(=C\c3cc(Br)c(OCc4ccccc4Cl)c(Br)c3)c(=O)n2[C@H]1c1ccc(OCC(=O)OC)c(OCC)c1. The topological polar surface area (TPSA) is 115 Å². The van der Waals surface area contributed by atoms with E-state index in [2.05, 4.69) is 41.6 Å². The van der Waals surface area contributed by atoms with Crippen LogP contribution in [0, 0.1) is 0 Å². The highest BCUT2D eigenvalue weighted by Gasteiger charge is 2.34. The lowest BCUT2D eigenvalue weighted by Gasteiger charge is -2.25. The number of methoxy groups -OCH3 is 1. The maximum atomic E-state index is 14.2. The molecule has 0 bridgehead atoms. The Hall–Kier alpha value is -3.91. The van der Waals surface area contributed by atoms with Gasteiger partial charge in [0, 0.05) is 10.6 Å². The predicted molar refractivity (Wildman–Crippen MR) is 193 cm³/mol. The fraction of sp³-hybridized carbons (Fsp3) is 0.257. The molecule has 1 aliphatic heterocycles. The highest BCUT2D eigenvalue weighted by molar-refractivity contribution is 9.11. The molecule has 0 N–H and O–H groups in total. The highest BCUT2D eigenvalue weighted by atomic mass is 79.9. The number of carbonyl (C=O) groups excluding carboxylic acids is 2. The van der Waals surface area contributed by atoms with Crippen LogP contribution < -0.4 is 29.1 Å². The zero-order valence-corrected chi connectivity index (χ0v) is 31.6. The number of halogens is 3. The van der Waals surface area contributed by atoms with Crippen LogP contribution in [-0.4, -0.2) is 43.4 Å². The van der Waals surface area contributed by atoms with E-state index in [0.29, 0.717) is 58.4 Å². The monoisotopic (exact) mass is 832 g/mol. The number of fused-ring (bicyclic) bond motifs is 1. The Bertz CT molecular complexity index is 2110. The van der Waals surface area contributed by atoms with Gasteiger partial charge in [0.25, 0.3) is 5.56 Å². The summed E-state index contributed by atoms with van der Waals surface area (Å²) in [7, 11) is 1.27. The summed E-state index contributed by atoms with van der Waals surface area (Å²) < 4.78 is 30.9. The van der Waals surface area contributed by atoms with Crippen LogP contribution >= 0.6 is 54.8 Å². The van der Waals surface area contributed by atoms with E-state index in [1.807, 2.05) is 37.3 Å². The summed E-state index contributed by atoms with van der Waals surface area (Å²) in [5.74, 6) is 0.0671. The van der Waals surface area contributed by atoms with Crippen LogP contribution in [0.1, 0.15) is 43.5 Å². The Morgan fingerprint density at radius 1 is 1.00 bits per heavy atom. The second-order valence-corrected chi connectivity index (χ2v) is 13.6. The molecule has 256 valence electrons. The summed E-state index contributed by atoms with van der Waals surface area (Å²) in [4.78, 5) is 44.4. The number of allylic oxidation sites excluding steroid dienone is 1. The summed E-state index contributed by atoms with van der Waals surface area (Å²) in [6.07, 6.45) is 1.76. The highest BCUT2D eigenvalue weighted by Crippen LogP contribution is 2.38. The Morgan fingerprint density at radius 2 is 1.73 bits per heavy atom. The van der Waals surface area contributed by atoms with E-state index in [1.165, 1.54) is 23.0 Å². The standard InChI is InChI=1S/C35H31Br2ClN2O8S/c1-5-45-27-16-21(11-12-26(27)47-18-29(41)44-4)31-30(34(43)46-6-2)19(3)39-35-40(31)33(42)28(49-35)15-20-13-23(36)32(24(37)14-20)48-17-22-9-7-8-10-25(22)38/h7-16,31H,5-6,17-18H2,1-4H3/b28-15-/t31-/m0/s1. The van der Waals surface area contributed by atoms with E-state index in [1.54, 1.807) is 44.2 Å². The van der Waals surface area contributed by atoms with Gasteiger partial charge in [-0.3, -0.25) is 9.36 Å². The van der Waals surface area contributed by atoms with Gasteiger partial charge in [-0.2, -0.15) is 0 Å². The van der Waals surface area contributed by atoms with Crippen LogP contribution in [0.3, 0.4) is 0 Å². The summed E-state index contributed by atoms with van der Waals surface area (Å²) in [5.41, 5.74) is 2.42. The Balaban J connectivity index is 1.57. The first-order valence-corrected chi connectivity index (χ1v) is 17.9. The van der Waals surface area contributed by atoms with Crippen molar-refractivity contribution in [3.8, 4) is 17.2 Å². The molecule has 0 aliphatic carbocycles. The van der Waals surface area contributed by atoms with E-state index in [-0.39, 0.29) is 31.0 Å². The van der Waals surface area contributed by atoms with Crippen LogP contribution in [0.25, 0.3) is 6.08 Å². The fourth-order valence-electron chi connectivity index (χ4n) is 5.10. The molecule has 0 radical (unpaired) electrons. The molecule has 2 heterocycles. The number of carbonyl (C=O) groups is 2.